The molecular formula is C17H30O5. The molecule has 1 saturated carbocycles. The fourth-order valence-electron chi connectivity index (χ4n) is 3.52. The molecule has 0 aliphatic heterocycles. The minimum Gasteiger partial charge on any atom is -0.455 e. The van der Waals surface area contributed by atoms with Gasteiger partial charge in [0, 0.05) is 20.5 Å². The molecule has 0 heterocycles. The first-order valence-corrected chi connectivity index (χ1v) is 8.18. The number of ether oxygens (including phenoxy) is 3. The third-order valence-electron chi connectivity index (χ3n) is 4.45. The summed E-state index contributed by atoms with van der Waals surface area (Å²) in [4.78, 5) is 23.2. The van der Waals surface area contributed by atoms with Gasteiger partial charge in [-0.3, -0.25) is 9.59 Å². The molecule has 1 fully saturated rings. The van der Waals surface area contributed by atoms with E-state index < -0.39 is 17.3 Å². The smallest absolute Gasteiger partial charge is 0.303 e. The van der Waals surface area contributed by atoms with Gasteiger partial charge in [-0.05, 0) is 38.5 Å². The van der Waals surface area contributed by atoms with E-state index in [-0.39, 0.29) is 17.9 Å². The highest BCUT2D eigenvalue weighted by Gasteiger charge is 2.58. The van der Waals surface area contributed by atoms with E-state index in [0.29, 0.717) is 13.0 Å². The predicted octanol–water partition coefficient (Wildman–Crippen LogP) is 3.25. The van der Waals surface area contributed by atoms with Gasteiger partial charge in [0.1, 0.15) is 11.2 Å². The molecule has 0 N–H and O–H groups in total. The van der Waals surface area contributed by atoms with Crippen LogP contribution in [0, 0.1) is 5.92 Å². The van der Waals surface area contributed by atoms with Crippen LogP contribution in [-0.4, -0.2) is 35.9 Å². The van der Waals surface area contributed by atoms with E-state index in [1.807, 2.05) is 13.8 Å². The zero-order valence-electron chi connectivity index (χ0n) is 14.7. The Morgan fingerprint density at radius 2 is 1.82 bits per heavy atom. The molecule has 0 amide bonds. The maximum atomic E-state index is 11.7. The van der Waals surface area contributed by atoms with Crippen LogP contribution in [-0.2, 0) is 23.8 Å². The lowest BCUT2D eigenvalue weighted by Crippen LogP contribution is -2.64. The lowest BCUT2D eigenvalue weighted by atomic mass is 9.68. The Morgan fingerprint density at radius 3 is 2.27 bits per heavy atom. The molecule has 3 unspecified atom stereocenters. The molecule has 0 radical (unpaired) electrons. The molecule has 0 aromatic carbocycles. The van der Waals surface area contributed by atoms with Gasteiger partial charge in [0.05, 0.1) is 0 Å². The first-order valence-electron chi connectivity index (χ1n) is 8.18. The highest BCUT2D eigenvalue weighted by Crippen LogP contribution is 2.46. The second-order valence-corrected chi connectivity index (χ2v) is 6.71. The Balaban J connectivity index is 3.25. The van der Waals surface area contributed by atoms with Crippen LogP contribution in [0.2, 0.25) is 0 Å². The Morgan fingerprint density at radius 1 is 1.18 bits per heavy atom. The quantitative estimate of drug-likeness (QED) is 0.704. The highest BCUT2D eigenvalue weighted by molar-refractivity contribution is 5.68. The zero-order valence-corrected chi connectivity index (χ0v) is 14.7. The first kappa shape index (κ1) is 18.9. The number of carbonyl (C=O) groups excluding carboxylic acids is 2. The second-order valence-electron chi connectivity index (χ2n) is 6.71. The van der Waals surface area contributed by atoms with Gasteiger partial charge in [-0.25, -0.2) is 0 Å². The lowest BCUT2D eigenvalue weighted by molar-refractivity contribution is -0.250. The van der Waals surface area contributed by atoms with Crippen molar-refractivity contribution < 1.29 is 23.8 Å². The van der Waals surface area contributed by atoms with Crippen LogP contribution < -0.4 is 0 Å². The lowest BCUT2D eigenvalue weighted by Gasteiger charge is -2.53. The number of hydrogen-bond acceptors (Lipinski definition) is 5. The molecule has 5 heteroatoms. The average Bonchev–Trinajstić information content (AvgIpc) is 2.38. The molecule has 0 saturated heterocycles. The minimum absolute atomic E-state index is 0.138. The van der Waals surface area contributed by atoms with Crippen molar-refractivity contribution in [2.75, 3.05) is 6.61 Å². The summed E-state index contributed by atoms with van der Waals surface area (Å²) in [5.41, 5.74) is -1.47. The number of hydrogen-bond donors (Lipinski definition) is 0. The first-order chi connectivity index (χ1) is 10.2. The molecule has 5 nitrogen and oxygen atoms in total. The van der Waals surface area contributed by atoms with E-state index in [2.05, 4.69) is 13.8 Å². The summed E-state index contributed by atoms with van der Waals surface area (Å²) in [5, 5.41) is 0. The van der Waals surface area contributed by atoms with Crippen molar-refractivity contribution in [1.29, 1.82) is 0 Å². The van der Waals surface area contributed by atoms with Crippen LogP contribution in [0.25, 0.3) is 0 Å². The molecule has 128 valence electrons. The molecular weight excluding hydrogens is 284 g/mol. The summed E-state index contributed by atoms with van der Waals surface area (Å²) >= 11 is 0. The van der Waals surface area contributed by atoms with Crippen LogP contribution in [0.5, 0.6) is 0 Å². The molecule has 0 bridgehead atoms. The Labute approximate surface area is 133 Å². The van der Waals surface area contributed by atoms with Crippen molar-refractivity contribution in [2.45, 2.75) is 84.5 Å². The van der Waals surface area contributed by atoms with Gasteiger partial charge in [0.15, 0.2) is 6.10 Å². The Bertz CT molecular complexity index is 406. The van der Waals surface area contributed by atoms with Crippen LogP contribution in [0.1, 0.15) is 67.2 Å². The monoisotopic (exact) mass is 314 g/mol. The van der Waals surface area contributed by atoms with Gasteiger partial charge in [0.2, 0.25) is 0 Å². The Hall–Kier alpha value is -1.10. The molecule has 0 aromatic rings. The SMILES string of the molecule is CCCOC1(C(C)C)CCCC(C)(OC(C)=O)C1OC(C)=O. The normalized spacial score (nSPS) is 31.9. The predicted molar refractivity (Wildman–Crippen MR) is 83.4 cm³/mol. The van der Waals surface area contributed by atoms with Crippen molar-refractivity contribution in [3.8, 4) is 0 Å². The van der Waals surface area contributed by atoms with Gasteiger partial charge in [-0.2, -0.15) is 0 Å². The standard InChI is InChI=1S/C17H30O5/c1-7-11-20-17(12(2)3)10-8-9-16(6,22-14(5)19)15(17)21-13(4)18/h12,15H,7-11H2,1-6H3. The van der Waals surface area contributed by atoms with E-state index in [9.17, 15) is 9.59 Å². The summed E-state index contributed by atoms with van der Waals surface area (Å²) in [6.45, 7) is 11.4. The van der Waals surface area contributed by atoms with Gasteiger partial charge in [-0.15, -0.1) is 0 Å². The summed E-state index contributed by atoms with van der Waals surface area (Å²) in [5.74, 6) is -0.608. The average molecular weight is 314 g/mol. The Kier molecular flexibility index (Phi) is 6.41. The van der Waals surface area contributed by atoms with E-state index in [0.717, 1.165) is 19.3 Å². The molecule has 1 aliphatic rings. The maximum absolute atomic E-state index is 11.7. The summed E-state index contributed by atoms with van der Waals surface area (Å²) in [7, 11) is 0. The molecule has 0 aromatic heterocycles. The summed E-state index contributed by atoms with van der Waals surface area (Å²) < 4.78 is 17.4. The fraction of sp³-hybridized carbons (Fsp3) is 0.882. The topological polar surface area (TPSA) is 61.8 Å². The third-order valence-corrected chi connectivity index (χ3v) is 4.45. The zero-order chi connectivity index (χ0) is 17.0. The van der Waals surface area contributed by atoms with Gasteiger partial charge < -0.3 is 14.2 Å². The van der Waals surface area contributed by atoms with Gasteiger partial charge in [-0.1, -0.05) is 20.8 Å². The van der Waals surface area contributed by atoms with E-state index in [4.69, 9.17) is 14.2 Å². The second kappa shape index (κ2) is 7.44. The van der Waals surface area contributed by atoms with E-state index in [1.54, 1.807) is 0 Å². The van der Waals surface area contributed by atoms with Crippen LogP contribution in [0.3, 0.4) is 0 Å². The van der Waals surface area contributed by atoms with Crippen LogP contribution in [0.15, 0.2) is 0 Å². The number of carbonyl (C=O) groups is 2. The molecule has 22 heavy (non-hydrogen) atoms. The largest absolute Gasteiger partial charge is 0.455 e. The van der Waals surface area contributed by atoms with Crippen LogP contribution >= 0.6 is 0 Å². The molecule has 1 aliphatic carbocycles. The molecule has 1 rings (SSSR count). The number of esters is 2. The molecule has 3 atom stereocenters. The van der Waals surface area contributed by atoms with Gasteiger partial charge >= 0.3 is 11.9 Å². The minimum atomic E-state index is -0.853. The summed E-state index contributed by atoms with van der Waals surface area (Å²) in [6.07, 6.45) is 2.60. The maximum Gasteiger partial charge on any atom is 0.303 e. The van der Waals surface area contributed by atoms with Crippen molar-refractivity contribution in [1.82, 2.24) is 0 Å². The van der Waals surface area contributed by atoms with Crippen molar-refractivity contribution in [3.63, 3.8) is 0 Å². The molecule has 0 spiro atoms. The van der Waals surface area contributed by atoms with Crippen LogP contribution in [0.4, 0.5) is 0 Å². The van der Waals surface area contributed by atoms with E-state index in [1.165, 1.54) is 13.8 Å². The highest BCUT2D eigenvalue weighted by atomic mass is 16.6. The summed E-state index contributed by atoms with van der Waals surface area (Å²) in [6, 6.07) is 0. The van der Waals surface area contributed by atoms with Crippen molar-refractivity contribution in [3.05, 3.63) is 0 Å². The van der Waals surface area contributed by atoms with Crippen molar-refractivity contribution >= 4 is 11.9 Å². The third kappa shape index (κ3) is 4.00. The number of rotatable bonds is 6. The van der Waals surface area contributed by atoms with E-state index >= 15 is 0 Å². The van der Waals surface area contributed by atoms with Crippen molar-refractivity contribution in [2.24, 2.45) is 5.92 Å². The van der Waals surface area contributed by atoms with Gasteiger partial charge in [0.25, 0.3) is 0 Å². The fourth-order valence-corrected chi connectivity index (χ4v) is 3.52.